The molecule has 0 fully saturated rings. The second kappa shape index (κ2) is 5.85. The first kappa shape index (κ1) is 14.1. The third-order valence-corrected chi connectivity index (χ3v) is 3.54. The molecule has 1 N–H and O–H groups in total. The Balaban J connectivity index is 1.90. The zero-order chi connectivity index (χ0) is 15.5. The Kier molecular flexibility index (Phi) is 3.74. The monoisotopic (exact) mass is 291 g/mol. The van der Waals surface area contributed by atoms with Gasteiger partial charge < -0.3 is 0 Å². The molecular formula is C18H17N3O. The number of hydrogen-bond acceptors (Lipinski definition) is 2. The summed E-state index contributed by atoms with van der Waals surface area (Å²) in [6, 6.07) is 15.6. The smallest absolute Gasteiger partial charge is 0.258 e. The molecule has 0 radical (unpaired) electrons. The lowest BCUT2D eigenvalue weighted by Crippen LogP contribution is -2.16. The van der Waals surface area contributed by atoms with E-state index in [0.717, 1.165) is 16.8 Å². The molecule has 2 aromatic carbocycles. The van der Waals surface area contributed by atoms with Crippen molar-refractivity contribution in [3.8, 4) is 5.69 Å². The quantitative estimate of drug-likeness (QED) is 0.799. The number of para-hydroxylation sites is 1. The summed E-state index contributed by atoms with van der Waals surface area (Å²) >= 11 is 0. The maximum Gasteiger partial charge on any atom is 0.258 e. The van der Waals surface area contributed by atoms with E-state index in [2.05, 4.69) is 10.3 Å². The lowest BCUT2D eigenvalue weighted by molar-refractivity contribution is 0.102. The topological polar surface area (TPSA) is 46.9 Å². The summed E-state index contributed by atoms with van der Waals surface area (Å²) in [6.07, 6.45) is 3.50. The summed E-state index contributed by atoms with van der Waals surface area (Å²) in [6.45, 7) is 3.90. The molecule has 0 aliphatic rings. The molecule has 110 valence electrons. The van der Waals surface area contributed by atoms with Crippen molar-refractivity contribution in [1.29, 1.82) is 0 Å². The van der Waals surface area contributed by atoms with E-state index >= 15 is 0 Å². The third-order valence-electron chi connectivity index (χ3n) is 3.54. The largest absolute Gasteiger partial charge is 0.292 e. The van der Waals surface area contributed by atoms with E-state index < -0.39 is 0 Å². The molecule has 22 heavy (non-hydrogen) atoms. The highest BCUT2D eigenvalue weighted by atomic mass is 16.1. The molecule has 4 nitrogen and oxygen atoms in total. The molecule has 0 aliphatic carbocycles. The number of nitrogens with zero attached hydrogens (tertiary/aromatic N) is 2. The van der Waals surface area contributed by atoms with Crippen molar-refractivity contribution in [2.45, 2.75) is 13.8 Å². The summed E-state index contributed by atoms with van der Waals surface area (Å²) in [4.78, 5) is 16.7. The molecule has 0 atom stereocenters. The minimum absolute atomic E-state index is 0.149. The second-order valence-electron chi connectivity index (χ2n) is 5.23. The molecule has 0 saturated heterocycles. The van der Waals surface area contributed by atoms with E-state index in [1.165, 1.54) is 0 Å². The van der Waals surface area contributed by atoms with Gasteiger partial charge in [-0.3, -0.25) is 14.7 Å². The Labute approximate surface area is 129 Å². The average Bonchev–Trinajstić information content (AvgIpc) is 2.98. The van der Waals surface area contributed by atoms with Crippen molar-refractivity contribution in [3.05, 3.63) is 77.6 Å². The van der Waals surface area contributed by atoms with Gasteiger partial charge in [0.05, 0.1) is 0 Å². The van der Waals surface area contributed by atoms with Gasteiger partial charge in [-0.1, -0.05) is 35.9 Å². The van der Waals surface area contributed by atoms with Gasteiger partial charge in [0.25, 0.3) is 5.91 Å². The first-order valence-electron chi connectivity index (χ1n) is 7.12. The fourth-order valence-electron chi connectivity index (χ4n) is 2.34. The number of nitrogens with one attached hydrogen (secondary N) is 1. The van der Waals surface area contributed by atoms with Crippen molar-refractivity contribution in [2.24, 2.45) is 0 Å². The summed E-state index contributed by atoms with van der Waals surface area (Å²) in [7, 11) is 0. The van der Waals surface area contributed by atoms with Crippen LogP contribution in [0.25, 0.3) is 5.69 Å². The number of hydrogen-bond donors (Lipinski definition) is 1. The Morgan fingerprint density at radius 1 is 1.09 bits per heavy atom. The number of amides is 1. The second-order valence-corrected chi connectivity index (χ2v) is 5.23. The zero-order valence-corrected chi connectivity index (χ0v) is 12.6. The predicted octanol–water partition coefficient (Wildman–Crippen LogP) is 3.74. The molecule has 1 heterocycles. The lowest BCUT2D eigenvalue weighted by atomic mass is 10.1. The Bertz CT molecular complexity index is 806. The number of carbonyl (C=O) groups is 1. The van der Waals surface area contributed by atoms with Gasteiger partial charge in [0, 0.05) is 23.6 Å². The van der Waals surface area contributed by atoms with Crippen LogP contribution in [-0.4, -0.2) is 15.5 Å². The number of aryl methyl sites for hydroxylation is 2. The Hall–Kier alpha value is -2.88. The lowest BCUT2D eigenvalue weighted by Gasteiger charge is -2.10. The molecule has 3 rings (SSSR count). The van der Waals surface area contributed by atoms with Gasteiger partial charge in [-0.25, -0.2) is 4.98 Å². The number of imidazole rings is 1. The van der Waals surface area contributed by atoms with Crippen LogP contribution in [0.5, 0.6) is 0 Å². The van der Waals surface area contributed by atoms with Crippen LogP contribution in [0.15, 0.2) is 60.9 Å². The van der Waals surface area contributed by atoms with Crippen molar-refractivity contribution < 1.29 is 4.79 Å². The molecule has 0 unspecified atom stereocenters. The highest BCUT2D eigenvalue weighted by molar-refractivity contribution is 6.04. The van der Waals surface area contributed by atoms with Crippen molar-refractivity contribution in [2.75, 3.05) is 5.32 Å². The van der Waals surface area contributed by atoms with Gasteiger partial charge in [0.15, 0.2) is 0 Å². The fourth-order valence-corrected chi connectivity index (χ4v) is 2.34. The normalized spacial score (nSPS) is 10.5. The molecule has 1 amide bonds. The van der Waals surface area contributed by atoms with E-state index in [0.29, 0.717) is 11.5 Å². The fraction of sp³-hybridized carbons (Fsp3) is 0.111. The number of anilines is 1. The van der Waals surface area contributed by atoms with Gasteiger partial charge in [0.1, 0.15) is 0 Å². The molecule has 0 saturated carbocycles. The molecule has 4 heteroatoms. The number of carbonyl (C=O) groups excluding carboxylic acids is 1. The van der Waals surface area contributed by atoms with Crippen LogP contribution in [-0.2, 0) is 0 Å². The van der Waals surface area contributed by atoms with Gasteiger partial charge in [-0.05, 0) is 37.6 Å². The highest BCUT2D eigenvalue weighted by Gasteiger charge is 2.13. The zero-order valence-electron chi connectivity index (χ0n) is 12.6. The highest BCUT2D eigenvalue weighted by Crippen LogP contribution is 2.16. The summed E-state index contributed by atoms with van der Waals surface area (Å²) in [5.74, 6) is 0.363. The minimum atomic E-state index is -0.149. The number of rotatable bonds is 3. The maximum atomic E-state index is 12.5. The standard InChI is InChI=1S/C18H17N3O/c1-13-8-9-14(2)16(12-13)17(22)20-18-19-10-11-21(18)15-6-4-3-5-7-15/h3-12H,1-2H3,(H,19,20,22). The van der Waals surface area contributed by atoms with Gasteiger partial charge in [-0.2, -0.15) is 0 Å². The molecule has 0 spiro atoms. The molecular weight excluding hydrogens is 274 g/mol. The van der Waals surface area contributed by atoms with Crippen LogP contribution in [0.4, 0.5) is 5.95 Å². The molecule has 3 aromatic rings. The van der Waals surface area contributed by atoms with Crippen LogP contribution >= 0.6 is 0 Å². The Morgan fingerprint density at radius 2 is 1.86 bits per heavy atom. The van der Waals surface area contributed by atoms with Gasteiger partial charge >= 0.3 is 0 Å². The average molecular weight is 291 g/mol. The maximum absolute atomic E-state index is 12.5. The number of aromatic nitrogens is 2. The van der Waals surface area contributed by atoms with Crippen LogP contribution in [0.1, 0.15) is 21.5 Å². The minimum Gasteiger partial charge on any atom is -0.292 e. The molecule has 0 bridgehead atoms. The van der Waals surface area contributed by atoms with E-state index in [9.17, 15) is 4.79 Å². The Morgan fingerprint density at radius 3 is 2.64 bits per heavy atom. The van der Waals surface area contributed by atoms with Crippen LogP contribution in [0, 0.1) is 13.8 Å². The van der Waals surface area contributed by atoms with Crippen molar-refractivity contribution in [3.63, 3.8) is 0 Å². The molecule has 1 aromatic heterocycles. The van der Waals surface area contributed by atoms with Crippen LogP contribution < -0.4 is 5.32 Å². The number of benzene rings is 2. The summed E-state index contributed by atoms with van der Waals surface area (Å²) < 4.78 is 1.85. The molecule has 0 aliphatic heterocycles. The van der Waals surface area contributed by atoms with Gasteiger partial charge in [0.2, 0.25) is 5.95 Å². The summed E-state index contributed by atoms with van der Waals surface area (Å²) in [5, 5.41) is 2.89. The SMILES string of the molecule is Cc1ccc(C)c(C(=O)Nc2nccn2-c2ccccc2)c1. The van der Waals surface area contributed by atoms with Crippen LogP contribution in [0.2, 0.25) is 0 Å². The van der Waals surface area contributed by atoms with E-state index in [4.69, 9.17) is 0 Å². The third kappa shape index (κ3) is 2.76. The van der Waals surface area contributed by atoms with Crippen molar-refractivity contribution in [1.82, 2.24) is 9.55 Å². The first-order valence-corrected chi connectivity index (χ1v) is 7.12. The summed E-state index contributed by atoms with van der Waals surface area (Å²) in [5.41, 5.74) is 3.63. The van der Waals surface area contributed by atoms with Gasteiger partial charge in [-0.15, -0.1) is 0 Å². The van der Waals surface area contributed by atoms with Crippen molar-refractivity contribution >= 4 is 11.9 Å². The van der Waals surface area contributed by atoms with E-state index in [-0.39, 0.29) is 5.91 Å². The van der Waals surface area contributed by atoms with E-state index in [1.54, 1.807) is 6.20 Å². The predicted molar refractivity (Wildman–Crippen MR) is 87.4 cm³/mol. The van der Waals surface area contributed by atoms with Crippen LogP contribution in [0.3, 0.4) is 0 Å². The first-order chi connectivity index (χ1) is 10.6. The van der Waals surface area contributed by atoms with E-state index in [1.807, 2.05) is 73.1 Å².